The van der Waals surface area contributed by atoms with Crippen molar-refractivity contribution in [3.05, 3.63) is 105 Å². The van der Waals surface area contributed by atoms with Gasteiger partial charge in [-0.3, -0.25) is 14.4 Å². The molecule has 11 nitrogen and oxygen atoms in total. The van der Waals surface area contributed by atoms with Crippen LogP contribution in [0.1, 0.15) is 107 Å². The summed E-state index contributed by atoms with van der Waals surface area (Å²) in [6.45, 7) is 2.04. The molecule has 0 unspecified atom stereocenters. The van der Waals surface area contributed by atoms with Gasteiger partial charge in [-0.2, -0.15) is 18.3 Å². The number of rotatable bonds is 17. The lowest BCUT2D eigenvalue weighted by molar-refractivity contribution is -0.138. The second-order valence-electron chi connectivity index (χ2n) is 13.3. The molecule has 2 amide bonds. The lowest BCUT2D eigenvalue weighted by Gasteiger charge is -2.29. The molecule has 0 saturated carbocycles. The van der Waals surface area contributed by atoms with Crippen molar-refractivity contribution in [3.63, 3.8) is 0 Å². The van der Waals surface area contributed by atoms with Crippen molar-refractivity contribution in [2.75, 3.05) is 23.3 Å². The second-order valence-corrected chi connectivity index (χ2v) is 13.7. The zero-order valence-electron chi connectivity index (χ0n) is 29.7. The molecule has 0 spiro atoms. The van der Waals surface area contributed by atoms with Crippen LogP contribution in [0.3, 0.4) is 0 Å². The van der Waals surface area contributed by atoms with Crippen LogP contribution in [0.25, 0.3) is 0 Å². The number of hydrogen-bond donors (Lipinski definition) is 3. The molecule has 1 aliphatic rings. The number of hydrogen-bond acceptors (Lipinski definition) is 7. The smallest absolute Gasteiger partial charge is 0.417 e. The maximum Gasteiger partial charge on any atom is 0.417 e. The van der Waals surface area contributed by atoms with Crippen LogP contribution in [0, 0.1) is 0 Å². The fourth-order valence-electron chi connectivity index (χ4n) is 6.26. The number of carboxylic acids is 1. The Balaban J connectivity index is 1.22. The fourth-order valence-corrected chi connectivity index (χ4v) is 6.48. The van der Waals surface area contributed by atoms with Gasteiger partial charge >= 0.3 is 12.1 Å². The Morgan fingerprint density at radius 3 is 2.43 bits per heavy atom. The van der Waals surface area contributed by atoms with E-state index in [1.165, 1.54) is 6.07 Å². The molecule has 1 aliphatic heterocycles. The number of nitrogens with one attached hydrogen (secondary N) is 2. The Morgan fingerprint density at radius 1 is 0.907 bits per heavy atom. The second kappa shape index (κ2) is 19.2. The van der Waals surface area contributed by atoms with Crippen LogP contribution < -0.4 is 15.6 Å². The SMILES string of the molecule is O=C(O)CCCCCCCCc1cn(Cc2cccc(C(=O)Nc3ccc(N4CCCCC4)cc3C(=O)NN=Cc3ccc(Cl)c(C(F)(F)F)c3)c2)nn1. The first kappa shape index (κ1) is 40.0. The van der Waals surface area contributed by atoms with E-state index < -0.39 is 34.5 Å². The van der Waals surface area contributed by atoms with Crippen LogP contribution >= 0.6 is 11.6 Å². The van der Waals surface area contributed by atoms with Crippen molar-refractivity contribution in [3.8, 4) is 0 Å². The summed E-state index contributed by atoms with van der Waals surface area (Å²) >= 11 is 5.72. The minimum atomic E-state index is -4.65. The van der Waals surface area contributed by atoms with E-state index in [1.54, 1.807) is 35.0 Å². The summed E-state index contributed by atoms with van der Waals surface area (Å²) in [5.41, 5.74) is 4.70. The molecular formula is C39H43ClF3N7O4. The molecule has 0 radical (unpaired) electrons. The van der Waals surface area contributed by atoms with Crippen molar-refractivity contribution < 1.29 is 32.7 Å². The molecule has 0 bridgehead atoms. The van der Waals surface area contributed by atoms with Crippen LogP contribution in [-0.2, 0) is 23.9 Å². The van der Waals surface area contributed by atoms with Gasteiger partial charge in [0.15, 0.2) is 0 Å². The van der Waals surface area contributed by atoms with Crippen molar-refractivity contribution in [1.29, 1.82) is 0 Å². The highest BCUT2D eigenvalue weighted by Crippen LogP contribution is 2.35. The van der Waals surface area contributed by atoms with E-state index in [0.717, 1.165) is 106 Å². The Hall–Kier alpha value is -5.24. The quantitative estimate of drug-likeness (QED) is 0.0557. The van der Waals surface area contributed by atoms with Gasteiger partial charge in [0.1, 0.15) is 0 Å². The van der Waals surface area contributed by atoms with E-state index in [2.05, 4.69) is 31.1 Å². The van der Waals surface area contributed by atoms with Crippen LogP contribution in [0.2, 0.25) is 5.02 Å². The average molecular weight is 766 g/mol. The predicted octanol–water partition coefficient (Wildman–Crippen LogP) is 8.36. The summed E-state index contributed by atoms with van der Waals surface area (Å²) in [6, 6.07) is 15.5. The third kappa shape index (κ3) is 11.9. The normalized spacial score (nSPS) is 13.3. The van der Waals surface area contributed by atoms with Gasteiger partial charge < -0.3 is 15.3 Å². The minimum Gasteiger partial charge on any atom is -0.481 e. The zero-order chi connectivity index (χ0) is 38.5. The van der Waals surface area contributed by atoms with Gasteiger partial charge in [0, 0.05) is 37.0 Å². The highest BCUT2D eigenvalue weighted by Gasteiger charge is 2.33. The largest absolute Gasteiger partial charge is 0.481 e. The number of carbonyl (C=O) groups is 3. The van der Waals surface area contributed by atoms with Crippen LogP contribution in [0.4, 0.5) is 24.5 Å². The van der Waals surface area contributed by atoms with Crippen molar-refractivity contribution in [2.24, 2.45) is 5.10 Å². The number of halogens is 4. The minimum absolute atomic E-state index is 0.0860. The number of unbranched alkanes of at least 4 members (excludes halogenated alkanes) is 5. The number of anilines is 2. The summed E-state index contributed by atoms with van der Waals surface area (Å²) in [6.07, 6.45) is 8.15. The first-order valence-corrected chi connectivity index (χ1v) is 18.4. The number of aromatic nitrogens is 3. The van der Waals surface area contributed by atoms with Crippen LogP contribution in [0.15, 0.2) is 72.0 Å². The third-order valence-corrected chi connectivity index (χ3v) is 9.42. The monoisotopic (exact) mass is 765 g/mol. The molecule has 5 rings (SSSR count). The molecule has 0 aliphatic carbocycles. The summed E-state index contributed by atoms with van der Waals surface area (Å²) in [5.74, 6) is -1.85. The number of alkyl halides is 3. The van der Waals surface area contributed by atoms with Crippen molar-refractivity contribution >= 4 is 47.0 Å². The Kier molecular flexibility index (Phi) is 14.2. The van der Waals surface area contributed by atoms with E-state index in [1.807, 2.05) is 18.3 Å². The third-order valence-electron chi connectivity index (χ3n) is 9.09. The van der Waals surface area contributed by atoms with Gasteiger partial charge in [-0.25, -0.2) is 10.1 Å². The first-order chi connectivity index (χ1) is 26.0. The number of amides is 2. The number of nitrogens with zero attached hydrogens (tertiary/aromatic N) is 5. The maximum atomic E-state index is 13.5. The van der Waals surface area contributed by atoms with E-state index in [9.17, 15) is 27.6 Å². The van der Waals surface area contributed by atoms with E-state index >= 15 is 0 Å². The molecule has 3 N–H and O–H groups in total. The van der Waals surface area contributed by atoms with Gasteiger partial charge in [0.25, 0.3) is 11.8 Å². The van der Waals surface area contributed by atoms with Crippen molar-refractivity contribution in [2.45, 2.75) is 83.4 Å². The van der Waals surface area contributed by atoms with Crippen LogP contribution in [-0.4, -0.2) is 57.2 Å². The van der Waals surface area contributed by atoms with Gasteiger partial charge in [-0.05, 0) is 92.1 Å². The number of piperidine rings is 1. The molecule has 286 valence electrons. The molecule has 15 heteroatoms. The zero-order valence-corrected chi connectivity index (χ0v) is 30.5. The molecule has 54 heavy (non-hydrogen) atoms. The molecule has 0 atom stereocenters. The molecular weight excluding hydrogens is 723 g/mol. The summed E-state index contributed by atoms with van der Waals surface area (Å²) in [4.78, 5) is 39.8. The lowest BCUT2D eigenvalue weighted by Crippen LogP contribution is -2.30. The number of aliphatic carboxylic acids is 1. The highest BCUT2D eigenvalue weighted by atomic mass is 35.5. The summed E-state index contributed by atoms with van der Waals surface area (Å²) in [7, 11) is 0. The molecule has 4 aromatic rings. The number of hydrazone groups is 1. The van der Waals surface area contributed by atoms with Gasteiger partial charge in [-0.1, -0.05) is 60.7 Å². The maximum absolute atomic E-state index is 13.5. The topological polar surface area (TPSA) is 142 Å². The summed E-state index contributed by atoms with van der Waals surface area (Å²) < 4.78 is 41.7. The molecule has 1 aromatic heterocycles. The van der Waals surface area contributed by atoms with Crippen LogP contribution in [0.5, 0.6) is 0 Å². The standard InChI is InChI=1S/C39H43ClF3N7O4/c40-34-17-15-27(22-33(34)39(41,42)43)24-44-47-38(54)32-23-31(49-19-8-5-9-20-49)16-18-35(32)45-37(53)29-12-10-11-28(21-29)25-50-26-30(46-48-50)13-6-3-1-2-4-7-14-36(51)52/h10-12,15-18,21-24,26H,1-9,13-14,19-20,25H2,(H,45,53)(H,47,54)(H,51,52). The molecule has 1 fully saturated rings. The Bertz CT molecular complexity index is 1940. The van der Waals surface area contributed by atoms with Gasteiger partial charge in [-0.15, -0.1) is 5.10 Å². The van der Waals surface area contributed by atoms with E-state index in [0.29, 0.717) is 18.5 Å². The van der Waals surface area contributed by atoms with Crippen molar-refractivity contribution in [1.82, 2.24) is 20.4 Å². The summed E-state index contributed by atoms with van der Waals surface area (Å²) in [5, 5.41) is 23.6. The number of aryl methyl sites for hydroxylation is 1. The van der Waals surface area contributed by atoms with E-state index in [-0.39, 0.29) is 23.2 Å². The van der Waals surface area contributed by atoms with Gasteiger partial charge in [0.2, 0.25) is 0 Å². The number of benzene rings is 3. The van der Waals surface area contributed by atoms with E-state index in [4.69, 9.17) is 16.7 Å². The number of carboxylic acid groups (broad SMARTS) is 1. The Morgan fingerprint density at radius 2 is 1.67 bits per heavy atom. The fraction of sp³-hybridized carbons (Fsp3) is 0.385. The predicted molar refractivity (Wildman–Crippen MR) is 201 cm³/mol. The highest BCUT2D eigenvalue weighted by molar-refractivity contribution is 6.31. The molecule has 2 heterocycles. The lowest BCUT2D eigenvalue weighted by atomic mass is 10.1. The number of carbonyl (C=O) groups excluding carboxylic acids is 2. The van der Waals surface area contributed by atoms with Gasteiger partial charge in [0.05, 0.1) is 40.3 Å². The molecule has 3 aromatic carbocycles. The average Bonchev–Trinajstić information content (AvgIpc) is 3.60. The molecule has 1 saturated heterocycles. The Labute approximate surface area is 316 Å². The first-order valence-electron chi connectivity index (χ1n) is 18.1.